The van der Waals surface area contributed by atoms with Gasteiger partial charge in [0.15, 0.2) is 0 Å². The molecule has 0 aliphatic rings. The first-order valence-electron chi connectivity index (χ1n) is 5.30. The van der Waals surface area contributed by atoms with Gasteiger partial charge < -0.3 is 19.8 Å². The smallest absolute Gasteiger partial charge is 0.233 e. The van der Waals surface area contributed by atoms with Gasteiger partial charge in [-0.3, -0.25) is 4.79 Å². The number of rotatable bonds is 8. The van der Waals surface area contributed by atoms with Crippen LogP contribution >= 0.6 is 0 Å². The molecule has 16 heavy (non-hydrogen) atoms. The highest BCUT2D eigenvalue weighted by Gasteiger charge is 2.00. The van der Waals surface area contributed by atoms with Crippen LogP contribution in [0.2, 0.25) is 0 Å². The van der Waals surface area contributed by atoms with Crippen molar-refractivity contribution in [3.05, 3.63) is 24.2 Å². The second kappa shape index (κ2) is 7.90. The summed E-state index contributed by atoms with van der Waals surface area (Å²) < 4.78 is 9.79. The minimum absolute atomic E-state index is 0.000372. The highest BCUT2D eigenvalue weighted by atomic mass is 16.5. The van der Waals surface area contributed by atoms with Gasteiger partial charge in [-0.2, -0.15) is 0 Å². The fraction of sp³-hybridized carbons (Fsp3) is 0.545. The summed E-state index contributed by atoms with van der Waals surface area (Å²) in [5.41, 5.74) is 1.03. The molecule has 0 aromatic carbocycles. The summed E-state index contributed by atoms with van der Waals surface area (Å²) in [6.07, 6.45) is 4.11. The van der Waals surface area contributed by atoms with Gasteiger partial charge in [-0.15, -0.1) is 0 Å². The number of hydrogen-bond acceptors (Lipinski definition) is 4. The van der Waals surface area contributed by atoms with Gasteiger partial charge in [0.05, 0.1) is 19.1 Å². The Bertz CT molecular complexity index is 285. The normalized spacial score (nSPS) is 10.3. The molecule has 1 rings (SSSR count). The SMILES string of the molecule is COCCCNC(=O)CNCc1ccoc1. The molecule has 0 bridgehead atoms. The number of methoxy groups -OCH3 is 1. The third kappa shape index (κ3) is 5.53. The molecule has 5 heteroatoms. The van der Waals surface area contributed by atoms with Crippen molar-refractivity contribution in [1.82, 2.24) is 10.6 Å². The lowest BCUT2D eigenvalue weighted by Gasteiger charge is -2.05. The van der Waals surface area contributed by atoms with Crippen LogP contribution in [-0.2, 0) is 16.1 Å². The fourth-order valence-electron chi connectivity index (χ4n) is 1.22. The van der Waals surface area contributed by atoms with Crippen molar-refractivity contribution in [3.63, 3.8) is 0 Å². The van der Waals surface area contributed by atoms with Gasteiger partial charge in [-0.1, -0.05) is 0 Å². The van der Waals surface area contributed by atoms with Crippen LogP contribution in [0, 0.1) is 0 Å². The Balaban J connectivity index is 1.98. The fourth-order valence-corrected chi connectivity index (χ4v) is 1.22. The molecule has 0 spiro atoms. The molecule has 1 aromatic rings. The number of amides is 1. The van der Waals surface area contributed by atoms with E-state index in [1.54, 1.807) is 19.6 Å². The summed E-state index contributed by atoms with van der Waals surface area (Å²) in [5, 5.41) is 5.82. The van der Waals surface area contributed by atoms with Crippen LogP contribution in [0.1, 0.15) is 12.0 Å². The van der Waals surface area contributed by atoms with Crippen LogP contribution in [0.15, 0.2) is 23.0 Å². The van der Waals surface area contributed by atoms with Crippen LogP contribution in [-0.4, -0.2) is 32.7 Å². The van der Waals surface area contributed by atoms with Crippen LogP contribution in [0.4, 0.5) is 0 Å². The van der Waals surface area contributed by atoms with E-state index < -0.39 is 0 Å². The van der Waals surface area contributed by atoms with E-state index in [1.165, 1.54) is 0 Å². The minimum atomic E-state index is -0.000372. The molecule has 90 valence electrons. The standard InChI is InChI=1S/C11H18N2O3/c1-15-5-2-4-13-11(14)8-12-7-10-3-6-16-9-10/h3,6,9,12H,2,4-5,7-8H2,1H3,(H,13,14). The third-order valence-electron chi connectivity index (χ3n) is 2.04. The molecule has 0 atom stereocenters. The van der Waals surface area contributed by atoms with E-state index in [0.717, 1.165) is 12.0 Å². The zero-order chi connectivity index (χ0) is 11.6. The maximum atomic E-state index is 11.3. The Morgan fingerprint density at radius 3 is 3.12 bits per heavy atom. The van der Waals surface area contributed by atoms with E-state index in [9.17, 15) is 4.79 Å². The van der Waals surface area contributed by atoms with Crippen LogP contribution in [0.5, 0.6) is 0 Å². The van der Waals surface area contributed by atoms with Crippen molar-refractivity contribution in [1.29, 1.82) is 0 Å². The third-order valence-corrected chi connectivity index (χ3v) is 2.04. The number of furan rings is 1. The molecule has 0 fully saturated rings. The molecular weight excluding hydrogens is 208 g/mol. The molecule has 0 aliphatic carbocycles. The summed E-state index contributed by atoms with van der Waals surface area (Å²) in [6, 6.07) is 1.86. The first-order chi connectivity index (χ1) is 7.83. The van der Waals surface area contributed by atoms with Gasteiger partial charge in [0.25, 0.3) is 0 Å². The van der Waals surface area contributed by atoms with Crippen molar-refractivity contribution < 1.29 is 13.9 Å². The maximum absolute atomic E-state index is 11.3. The van der Waals surface area contributed by atoms with Gasteiger partial charge in [-0.25, -0.2) is 0 Å². The number of hydrogen-bond donors (Lipinski definition) is 2. The molecule has 0 saturated heterocycles. The molecular formula is C11H18N2O3. The van der Waals surface area contributed by atoms with Crippen molar-refractivity contribution in [2.24, 2.45) is 0 Å². The summed E-state index contributed by atoms with van der Waals surface area (Å²) in [4.78, 5) is 11.3. The Hall–Kier alpha value is -1.33. The molecule has 0 radical (unpaired) electrons. The van der Waals surface area contributed by atoms with Gasteiger partial charge >= 0.3 is 0 Å². The average Bonchev–Trinajstić information content (AvgIpc) is 2.77. The number of carbonyl (C=O) groups excluding carboxylic acids is 1. The summed E-state index contributed by atoms with van der Waals surface area (Å²) in [5.74, 6) is -0.000372. The van der Waals surface area contributed by atoms with Crippen molar-refractivity contribution in [2.75, 3.05) is 26.8 Å². The largest absolute Gasteiger partial charge is 0.472 e. The molecule has 2 N–H and O–H groups in total. The molecule has 1 aromatic heterocycles. The van der Waals surface area contributed by atoms with Crippen molar-refractivity contribution in [3.8, 4) is 0 Å². The number of ether oxygens (including phenoxy) is 1. The van der Waals surface area contributed by atoms with E-state index in [2.05, 4.69) is 10.6 Å². The van der Waals surface area contributed by atoms with Crippen LogP contribution in [0.25, 0.3) is 0 Å². The Morgan fingerprint density at radius 2 is 2.44 bits per heavy atom. The van der Waals surface area contributed by atoms with Crippen LogP contribution in [0.3, 0.4) is 0 Å². The van der Waals surface area contributed by atoms with E-state index in [0.29, 0.717) is 26.2 Å². The first kappa shape index (κ1) is 12.7. The van der Waals surface area contributed by atoms with Crippen molar-refractivity contribution >= 4 is 5.91 Å². The summed E-state index contributed by atoms with van der Waals surface area (Å²) >= 11 is 0. The Morgan fingerprint density at radius 1 is 1.56 bits per heavy atom. The average molecular weight is 226 g/mol. The van der Waals surface area contributed by atoms with E-state index in [4.69, 9.17) is 9.15 Å². The van der Waals surface area contributed by atoms with E-state index in [1.807, 2.05) is 6.07 Å². The molecule has 5 nitrogen and oxygen atoms in total. The monoisotopic (exact) mass is 226 g/mol. The van der Waals surface area contributed by atoms with Crippen LogP contribution < -0.4 is 10.6 Å². The van der Waals surface area contributed by atoms with E-state index >= 15 is 0 Å². The lowest BCUT2D eigenvalue weighted by atomic mass is 10.3. The molecule has 0 saturated carbocycles. The zero-order valence-electron chi connectivity index (χ0n) is 9.49. The molecule has 1 amide bonds. The Kier molecular flexibility index (Phi) is 6.29. The second-order valence-electron chi connectivity index (χ2n) is 3.43. The number of carbonyl (C=O) groups is 1. The highest BCUT2D eigenvalue weighted by molar-refractivity contribution is 5.77. The highest BCUT2D eigenvalue weighted by Crippen LogP contribution is 1.97. The molecule has 0 unspecified atom stereocenters. The lowest BCUT2D eigenvalue weighted by molar-refractivity contribution is -0.120. The number of nitrogens with one attached hydrogen (secondary N) is 2. The topological polar surface area (TPSA) is 63.5 Å². The first-order valence-corrected chi connectivity index (χ1v) is 5.30. The van der Waals surface area contributed by atoms with Crippen molar-refractivity contribution in [2.45, 2.75) is 13.0 Å². The molecule has 1 heterocycles. The predicted octanol–water partition coefficient (Wildman–Crippen LogP) is 0.522. The second-order valence-corrected chi connectivity index (χ2v) is 3.43. The predicted molar refractivity (Wildman–Crippen MR) is 59.9 cm³/mol. The van der Waals surface area contributed by atoms with Gasteiger partial charge in [-0.05, 0) is 12.5 Å². The lowest BCUT2D eigenvalue weighted by Crippen LogP contribution is -2.34. The van der Waals surface area contributed by atoms with Gasteiger partial charge in [0, 0.05) is 32.4 Å². The minimum Gasteiger partial charge on any atom is -0.472 e. The maximum Gasteiger partial charge on any atom is 0.233 e. The van der Waals surface area contributed by atoms with E-state index in [-0.39, 0.29) is 5.91 Å². The van der Waals surface area contributed by atoms with Gasteiger partial charge in [0.1, 0.15) is 0 Å². The summed E-state index contributed by atoms with van der Waals surface area (Å²) in [6.45, 7) is 2.28. The zero-order valence-corrected chi connectivity index (χ0v) is 9.49. The summed E-state index contributed by atoms with van der Waals surface area (Å²) in [7, 11) is 1.65. The van der Waals surface area contributed by atoms with Gasteiger partial charge in [0.2, 0.25) is 5.91 Å². The Labute approximate surface area is 95.2 Å². The molecule has 0 aliphatic heterocycles. The quantitative estimate of drug-likeness (QED) is 0.634.